The van der Waals surface area contributed by atoms with Gasteiger partial charge in [0.25, 0.3) is 0 Å². The van der Waals surface area contributed by atoms with Crippen molar-refractivity contribution in [2.75, 3.05) is 0 Å². The van der Waals surface area contributed by atoms with Crippen LogP contribution in [0.25, 0.3) is 11.1 Å². The van der Waals surface area contributed by atoms with E-state index in [4.69, 9.17) is 0 Å². The average Bonchev–Trinajstić information content (AvgIpc) is 2.38. The van der Waals surface area contributed by atoms with Crippen molar-refractivity contribution in [2.24, 2.45) is 0 Å². The number of hydrogen-bond acceptors (Lipinski definition) is 1. The Kier molecular flexibility index (Phi) is 3.42. The van der Waals surface area contributed by atoms with E-state index >= 15 is 0 Å². The van der Waals surface area contributed by atoms with Crippen molar-refractivity contribution in [3.8, 4) is 11.1 Å². The van der Waals surface area contributed by atoms with Crippen LogP contribution in [0.15, 0.2) is 42.5 Å². The molecular weight excluding hydrogens is 253 g/mol. The summed E-state index contributed by atoms with van der Waals surface area (Å²) >= 11 is 0. The number of aldehydes is 1. The summed E-state index contributed by atoms with van der Waals surface area (Å²) in [5, 5.41) is 0. The predicted molar refractivity (Wildman–Crippen MR) is 67.0 cm³/mol. The maximum absolute atomic E-state index is 12.8. The molecule has 0 aliphatic rings. The Balaban J connectivity index is 2.55. The molecule has 0 heterocycles. The Labute approximate surface area is 108 Å². The third-order valence-corrected chi connectivity index (χ3v) is 2.87. The lowest BCUT2D eigenvalue weighted by Crippen LogP contribution is -2.09. The number of aryl methyl sites for hydroxylation is 1. The Morgan fingerprint density at radius 2 is 1.53 bits per heavy atom. The van der Waals surface area contributed by atoms with Gasteiger partial charge in [-0.15, -0.1) is 0 Å². The van der Waals surface area contributed by atoms with Gasteiger partial charge in [0, 0.05) is 5.56 Å². The molecule has 4 heteroatoms. The van der Waals surface area contributed by atoms with E-state index < -0.39 is 11.7 Å². The second-order valence-electron chi connectivity index (χ2n) is 4.28. The fourth-order valence-electron chi connectivity index (χ4n) is 1.83. The second kappa shape index (κ2) is 4.88. The number of hydrogen-bond donors (Lipinski definition) is 0. The molecule has 0 N–H and O–H groups in total. The first-order valence-electron chi connectivity index (χ1n) is 5.65. The molecule has 98 valence electrons. The molecule has 19 heavy (non-hydrogen) atoms. The van der Waals surface area contributed by atoms with E-state index in [1.165, 1.54) is 12.1 Å². The average molecular weight is 264 g/mol. The number of halogens is 3. The van der Waals surface area contributed by atoms with Crippen LogP contribution in [0.5, 0.6) is 0 Å². The number of carbonyl (C=O) groups is 1. The van der Waals surface area contributed by atoms with Crippen LogP contribution in [0.2, 0.25) is 0 Å². The van der Waals surface area contributed by atoms with Crippen LogP contribution in [0.4, 0.5) is 13.2 Å². The second-order valence-corrected chi connectivity index (χ2v) is 4.28. The normalized spacial score (nSPS) is 11.4. The van der Waals surface area contributed by atoms with Gasteiger partial charge in [-0.3, -0.25) is 4.79 Å². The summed E-state index contributed by atoms with van der Waals surface area (Å²) in [5.74, 6) is 0. The Morgan fingerprint density at radius 1 is 0.947 bits per heavy atom. The smallest absolute Gasteiger partial charge is 0.298 e. The van der Waals surface area contributed by atoms with Crippen LogP contribution in [-0.2, 0) is 6.18 Å². The van der Waals surface area contributed by atoms with E-state index in [0.717, 1.165) is 11.6 Å². The summed E-state index contributed by atoms with van der Waals surface area (Å²) in [7, 11) is 0. The lowest BCUT2D eigenvalue weighted by molar-refractivity contribution is -0.137. The first-order chi connectivity index (χ1) is 8.91. The molecule has 0 aliphatic carbocycles. The third-order valence-electron chi connectivity index (χ3n) is 2.87. The van der Waals surface area contributed by atoms with Crippen LogP contribution in [0.3, 0.4) is 0 Å². The molecule has 2 aromatic rings. The van der Waals surface area contributed by atoms with Gasteiger partial charge in [-0.1, -0.05) is 42.0 Å². The van der Waals surface area contributed by atoms with Crippen LogP contribution in [-0.4, -0.2) is 6.29 Å². The number of rotatable bonds is 2. The topological polar surface area (TPSA) is 17.1 Å². The van der Waals surface area contributed by atoms with Crippen molar-refractivity contribution < 1.29 is 18.0 Å². The van der Waals surface area contributed by atoms with Gasteiger partial charge in [-0.05, 0) is 24.1 Å². The van der Waals surface area contributed by atoms with Gasteiger partial charge in [0.1, 0.15) is 0 Å². The zero-order valence-electron chi connectivity index (χ0n) is 10.2. The van der Waals surface area contributed by atoms with E-state index in [2.05, 4.69) is 0 Å². The standard InChI is InChI=1S/C15H11F3O/c1-10-2-4-11(5-3-10)12-6-7-13(9-19)14(8-12)15(16,17)18/h2-9H,1H3. The predicted octanol–water partition coefficient (Wildman–Crippen LogP) is 4.49. The Bertz CT molecular complexity index is 598. The highest BCUT2D eigenvalue weighted by Crippen LogP contribution is 2.34. The maximum Gasteiger partial charge on any atom is 0.417 e. The molecule has 0 aliphatic heterocycles. The van der Waals surface area contributed by atoms with E-state index in [1.54, 1.807) is 12.1 Å². The molecule has 0 amide bonds. The van der Waals surface area contributed by atoms with Crippen molar-refractivity contribution in [1.29, 1.82) is 0 Å². The summed E-state index contributed by atoms with van der Waals surface area (Å²) in [4.78, 5) is 10.7. The third kappa shape index (κ3) is 2.84. The van der Waals surface area contributed by atoms with Crippen molar-refractivity contribution in [3.63, 3.8) is 0 Å². The van der Waals surface area contributed by atoms with Crippen LogP contribution >= 0.6 is 0 Å². The zero-order valence-corrected chi connectivity index (χ0v) is 10.2. The van der Waals surface area contributed by atoms with E-state index in [0.29, 0.717) is 11.1 Å². The highest BCUT2D eigenvalue weighted by molar-refractivity contribution is 5.80. The lowest BCUT2D eigenvalue weighted by atomic mass is 9.98. The SMILES string of the molecule is Cc1ccc(-c2ccc(C=O)c(C(F)(F)F)c2)cc1. The zero-order chi connectivity index (χ0) is 14.0. The molecule has 1 nitrogen and oxygen atoms in total. The Hall–Kier alpha value is -2.10. The summed E-state index contributed by atoms with van der Waals surface area (Å²) in [5.41, 5.74) is 0.916. The highest BCUT2D eigenvalue weighted by Gasteiger charge is 2.33. The summed E-state index contributed by atoms with van der Waals surface area (Å²) < 4.78 is 38.5. The van der Waals surface area contributed by atoms with Gasteiger partial charge in [-0.25, -0.2) is 0 Å². The summed E-state index contributed by atoms with van der Waals surface area (Å²) in [6.45, 7) is 1.90. The fourth-order valence-corrected chi connectivity index (χ4v) is 1.83. The van der Waals surface area contributed by atoms with Crippen molar-refractivity contribution in [3.05, 3.63) is 59.2 Å². The lowest BCUT2D eigenvalue weighted by Gasteiger charge is -2.11. The Morgan fingerprint density at radius 3 is 2.05 bits per heavy atom. The van der Waals surface area contributed by atoms with Gasteiger partial charge in [-0.2, -0.15) is 13.2 Å². The van der Waals surface area contributed by atoms with Crippen LogP contribution in [0.1, 0.15) is 21.5 Å². The molecule has 0 spiro atoms. The monoisotopic (exact) mass is 264 g/mol. The summed E-state index contributed by atoms with van der Waals surface area (Å²) in [6, 6.07) is 10.9. The molecule has 0 radical (unpaired) electrons. The van der Waals surface area contributed by atoms with Crippen molar-refractivity contribution >= 4 is 6.29 Å². The molecular formula is C15H11F3O. The molecule has 0 saturated heterocycles. The van der Waals surface area contributed by atoms with Crippen LogP contribution < -0.4 is 0 Å². The van der Waals surface area contributed by atoms with E-state index in [-0.39, 0.29) is 11.8 Å². The maximum atomic E-state index is 12.8. The first kappa shape index (κ1) is 13.3. The molecule has 0 aromatic heterocycles. The molecule has 0 atom stereocenters. The molecule has 2 rings (SSSR count). The van der Waals surface area contributed by atoms with Crippen molar-refractivity contribution in [2.45, 2.75) is 13.1 Å². The molecule has 0 unspecified atom stereocenters. The highest BCUT2D eigenvalue weighted by atomic mass is 19.4. The van der Waals surface area contributed by atoms with Gasteiger partial charge in [0.05, 0.1) is 5.56 Å². The fraction of sp³-hybridized carbons (Fsp3) is 0.133. The number of alkyl halides is 3. The number of carbonyl (C=O) groups excluding carboxylic acids is 1. The molecule has 0 fully saturated rings. The van der Waals surface area contributed by atoms with Crippen LogP contribution in [0, 0.1) is 6.92 Å². The molecule has 0 saturated carbocycles. The summed E-state index contributed by atoms with van der Waals surface area (Å²) in [6.07, 6.45) is -4.31. The number of benzene rings is 2. The van der Waals surface area contributed by atoms with Gasteiger partial charge >= 0.3 is 6.18 Å². The molecule has 2 aromatic carbocycles. The van der Waals surface area contributed by atoms with Gasteiger partial charge in [0.15, 0.2) is 6.29 Å². The van der Waals surface area contributed by atoms with Crippen molar-refractivity contribution in [1.82, 2.24) is 0 Å². The minimum Gasteiger partial charge on any atom is -0.298 e. The minimum absolute atomic E-state index is 0.224. The van der Waals surface area contributed by atoms with E-state index in [9.17, 15) is 18.0 Å². The molecule has 0 bridgehead atoms. The first-order valence-corrected chi connectivity index (χ1v) is 5.65. The minimum atomic E-state index is -4.53. The van der Waals surface area contributed by atoms with E-state index in [1.807, 2.05) is 19.1 Å². The van der Waals surface area contributed by atoms with Gasteiger partial charge in [0.2, 0.25) is 0 Å². The van der Waals surface area contributed by atoms with Gasteiger partial charge < -0.3 is 0 Å². The largest absolute Gasteiger partial charge is 0.417 e. The quantitative estimate of drug-likeness (QED) is 0.730.